The summed E-state index contributed by atoms with van der Waals surface area (Å²) in [5.74, 6) is 0. The number of rotatable bonds is 5. The van der Waals surface area contributed by atoms with Crippen LogP contribution in [0.2, 0.25) is 0 Å². The summed E-state index contributed by atoms with van der Waals surface area (Å²) in [6, 6.07) is 7.81. The van der Waals surface area contributed by atoms with Crippen LogP contribution in [0, 0.1) is 6.92 Å². The molecule has 0 aliphatic rings. The first kappa shape index (κ1) is 13.5. The third-order valence-corrected chi connectivity index (χ3v) is 2.57. The van der Waals surface area contributed by atoms with E-state index < -0.39 is 0 Å². The van der Waals surface area contributed by atoms with Crippen LogP contribution in [-0.2, 0) is 0 Å². The van der Waals surface area contributed by atoms with E-state index in [2.05, 4.69) is 5.32 Å². The van der Waals surface area contributed by atoms with Crippen LogP contribution in [0.4, 0.5) is 10.5 Å². The Morgan fingerprint density at radius 2 is 2.12 bits per heavy atom. The van der Waals surface area contributed by atoms with Gasteiger partial charge in [0.25, 0.3) is 0 Å². The molecule has 0 radical (unpaired) electrons. The number of aryl methyl sites for hydroxylation is 1. The lowest BCUT2D eigenvalue weighted by molar-refractivity contribution is 0.246. The first-order valence-corrected chi connectivity index (χ1v) is 6.01. The summed E-state index contributed by atoms with van der Waals surface area (Å²) in [6.45, 7) is 5.78. The van der Waals surface area contributed by atoms with E-state index in [1.807, 2.05) is 38.1 Å². The van der Waals surface area contributed by atoms with Crippen LogP contribution in [0.5, 0.6) is 0 Å². The van der Waals surface area contributed by atoms with Crippen LogP contribution < -0.4 is 16.0 Å². The number of hydrogen-bond donors (Lipinski definition) is 2. The van der Waals surface area contributed by atoms with Gasteiger partial charge in [0.1, 0.15) is 0 Å². The number of urea groups is 1. The molecule has 1 aromatic carbocycles. The molecule has 0 unspecified atom stereocenters. The number of benzene rings is 1. The number of anilines is 1. The van der Waals surface area contributed by atoms with Crippen molar-refractivity contribution in [3.05, 3.63) is 29.8 Å². The molecule has 0 atom stereocenters. The van der Waals surface area contributed by atoms with Gasteiger partial charge < -0.3 is 11.1 Å². The number of amides is 2. The van der Waals surface area contributed by atoms with Crippen LogP contribution in [0.25, 0.3) is 0 Å². The van der Waals surface area contributed by atoms with E-state index in [0.29, 0.717) is 19.6 Å². The predicted molar refractivity (Wildman–Crippen MR) is 71.3 cm³/mol. The summed E-state index contributed by atoms with van der Waals surface area (Å²) < 4.78 is 0. The van der Waals surface area contributed by atoms with Crippen molar-refractivity contribution < 1.29 is 4.79 Å². The molecule has 94 valence electrons. The summed E-state index contributed by atoms with van der Waals surface area (Å²) in [7, 11) is 0. The third kappa shape index (κ3) is 3.75. The minimum absolute atomic E-state index is 0.0600. The van der Waals surface area contributed by atoms with Crippen LogP contribution in [0.1, 0.15) is 18.9 Å². The zero-order valence-electron chi connectivity index (χ0n) is 10.6. The second-order valence-corrected chi connectivity index (χ2v) is 3.92. The van der Waals surface area contributed by atoms with Gasteiger partial charge in [-0.15, -0.1) is 0 Å². The summed E-state index contributed by atoms with van der Waals surface area (Å²) in [5, 5.41) is 2.83. The number of nitrogens with zero attached hydrogens (tertiary/aromatic N) is 1. The van der Waals surface area contributed by atoms with Gasteiger partial charge in [-0.1, -0.05) is 18.2 Å². The van der Waals surface area contributed by atoms with Crippen LogP contribution in [0.15, 0.2) is 24.3 Å². The lowest BCUT2D eigenvalue weighted by Crippen LogP contribution is -2.41. The van der Waals surface area contributed by atoms with Crippen molar-refractivity contribution in [3.8, 4) is 0 Å². The van der Waals surface area contributed by atoms with Crippen LogP contribution in [-0.4, -0.2) is 25.7 Å². The highest BCUT2D eigenvalue weighted by Gasteiger charge is 2.15. The maximum atomic E-state index is 12.0. The third-order valence-electron chi connectivity index (χ3n) is 2.57. The normalized spacial score (nSPS) is 10.1. The summed E-state index contributed by atoms with van der Waals surface area (Å²) in [5.41, 5.74) is 7.55. The second-order valence-electron chi connectivity index (χ2n) is 3.92. The van der Waals surface area contributed by atoms with E-state index >= 15 is 0 Å². The standard InChI is InChI=1S/C13H21N3O/c1-3-15-13(17)16(10-6-9-14)12-8-5-4-7-11(12)2/h4-5,7-8H,3,6,9-10,14H2,1-2H3,(H,15,17). The zero-order valence-corrected chi connectivity index (χ0v) is 10.6. The highest BCUT2D eigenvalue weighted by Crippen LogP contribution is 2.19. The molecular weight excluding hydrogens is 214 g/mol. The van der Waals surface area contributed by atoms with Gasteiger partial charge in [-0.2, -0.15) is 0 Å². The highest BCUT2D eigenvalue weighted by atomic mass is 16.2. The van der Waals surface area contributed by atoms with Crippen molar-refractivity contribution >= 4 is 11.7 Å². The van der Waals surface area contributed by atoms with Crippen molar-refractivity contribution in [2.45, 2.75) is 20.3 Å². The molecule has 0 aromatic heterocycles. The minimum atomic E-state index is -0.0600. The van der Waals surface area contributed by atoms with E-state index in [4.69, 9.17) is 5.73 Å². The average molecular weight is 235 g/mol. The molecule has 0 aliphatic heterocycles. The lowest BCUT2D eigenvalue weighted by atomic mass is 10.2. The summed E-state index contributed by atoms with van der Waals surface area (Å²) >= 11 is 0. The summed E-state index contributed by atoms with van der Waals surface area (Å²) in [6.07, 6.45) is 0.797. The highest BCUT2D eigenvalue weighted by molar-refractivity contribution is 5.92. The molecule has 0 heterocycles. The number of hydrogen-bond acceptors (Lipinski definition) is 2. The molecule has 1 aromatic rings. The van der Waals surface area contributed by atoms with Crippen LogP contribution in [0.3, 0.4) is 0 Å². The Morgan fingerprint density at radius 1 is 1.41 bits per heavy atom. The van der Waals surface area contributed by atoms with Gasteiger partial charge >= 0.3 is 6.03 Å². The van der Waals surface area contributed by atoms with E-state index in [-0.39, 0.29) is 6.03 Å². The Bertz CT molecular complexity index is 365. The Balaban J connectivity index is 2.89. The molecule has 17 heavy (non-hydrogen) atoms. The topological polar surface area (TPSA) is 58.4 Å². The molecule has 3 N–H and O–H groups in total. The molecule has 2 amide bonds. The minimum Gasteiger partial charge on any atom is -0.338 e. The Hall–Kier alpha value is -1.55. The maximum absolute atomic E-state index is 12.0. The van der Waals surface area contributed by atoms with Crippen molar-refractivity contribution in [1.82, 2.24) is 5.32 Å². The number of carbonyl (C=O) groups excluding carboxylic acids is 1. The van der Waals surface area contributed by atoms with E-state index in [0.717, 1.165) is 17.7 Å². The zero-order chi connectivity index (χ0) is 12.7. The Morgan fingerprint density at radius 3 is 2.71 bits per heavy atom. The van der Waals surface area contributed by atoms with Gasteiger partial charge in [-0.05, 0) is 38.4 Å². The van der Waals surface area contributed by atoms with Gasteiger partial charge in [0.2, 0.25) is 0 Å². The van der Waals surface area contributed by atoms with Crippen molar-refractivity contribution in [2.75, 3.05) is 24.5 Å². The lowest BCUT2D eigenvalue weighted by Gasteiger charge is -2.24. The van der Waals surface area contributed by atoms with Gasteiger partial charge in [0, 0.05) is 18.8 Å². The molecular formula is C13H21N3O. The van der Waals surface area contributed by atoms with Gasteiger partial charge in [-0.3, -0.25) is 4.90 Å². The van der Waals surface area contributed by atoms with Gasteiger partial charge in [0.15, 0.2) is 0 Å². The molecule has 0 spiro atoms. The van der Waals surface area contributed by atoms with Gasteiger partial charge in [0.05, 0.1) is 0 Å². The predicted octanol–water partition coefficient (Wildman–Crippen LogP) is 1.88. The van der Waals surface area contributed by atoms with Crippen molar-refractivity contribution in [3.63, 3.8) is 0 Å². The number of para-hydroxylation sites is 1. The SMILES string of the molecule is CCNC(=O)N(CCCN)c1ccccc1C. The van der Waals surface area contributed by atoms with Crippen LogP contribution >= 0.6 is 0 Å². The van der Waals surface area contributed by atoms with Gasteiger partial charge in [-0.25, -0.2) is 4.79 Å². The van der Waals surface area contributed by atoms with Crippen molar-refractivity contribution in [1.29, 1.82) is 0 Å². The molecule has 0 saturated carbocycles. The van der Waals surface area contributed by atoms with E-state index in [1.165, 1.54) is 0 Å². The molecule has 0 aliphatic carbocycles. The Kier molecular flexibility index (Phi) is 5.49. The largest absolute Gasteiger partial charge is 0.338 e. The molecule has 0 bridgehead atoms. The van der Waals surface area contributed by atoms with E-state index in [9.17, 15) is 4.79 Å². The fourth-order valence-electron chi connectivity index (χ4n) is 1.69. The number of nitrogens with one attached hydrogen (secondary N) is 1. The first-order chi connectivity index (χ1) is 8.20. The Labute approximate surface area is 103 Å². The maximum Gasteiger partial charge on any atom is 0.321 e. The smallest absolute Gasteiger partial charge is 0.321 e. The van der Waals surface area contributed by atoms with Crippen molar-refractivity contribution in [2.24, 2.45) is 5.73 Å². The number of carbonyl (C=O) groups is 1. The second kappa shape index (κ2) is 6.91. The molecule has 4 nitrogen and oxygen atoms in total. The van der Waals surface area contributed by atoms with E-state index in [1.54, 1.807) is 4.90 Å². The molecule has 0 saturated heterocycles. The monoisotopic (exact) mass is 235 g/mol. The molecule has 1 rings (SSSR count). The molecule has 0 fully saturated rings. The molecule has 4 heteroatoms. The summed E-state index contributed by atoms with van der Waals surface area (Å²) in [4.78, 5) is 13.7. The first-order valence-electron chi connectivity index (χ1n) is 6.01. The quantitative estimate of drug-likeness (QED) is 0.818. The average Bonchev–Trinajstić information content (AvgIpc) is 2.32. The fraction of sp³-hybridized carbons (Fsp3) is 0.462. The fourth-order valence-corrected chi connectivity index (χ4v) is 1.69. The number of nitrogens with two attached hydrogens (primary N) is 1.